The number of anilines is 1. The number of nitrogens with zero attached hydrogens (tertiary/aromatic N) is 5. The highest BCUT2D eigenvalue weighted by Crippen LogP contribution is 2.35. The van der Waals surface area contributed by atoms with Gasteiger partial charge in [0.2, 0.25) is 11.0 Å². The Bertz CT molecular complexity index is 885. The van der Waals surface area contributed by atoms with Gasteiger partial charge in [-0.15, -0.1) is 10.2 Å². The number of methoxy groups -OCH3 is 1. The summed E-state index contributed by atoms with van der Waals surface area (Å²) in [5.74, 6) is -0.506. The largest absolute Gasteiger partial charge is 0.393 e. The highest BCUT2D eigenvalue weighted by atomic mass is 35.5. The Hall–Kier alpha value is -1.79. The van der Waals surface area contributed by atoms with Crippen LogP contribution in [0, 0.1) is 0 Å². The topological polar surface area (TPSA) is 140 Å². The first-order valence-corrected chi connectivity index (χ1v) is 10.4. The number of piperidine rings is 1. The van der Waals surface area contributed by atoms with Gasteiger partial charge in [0.05, 0.1) is 24.4 Å². The number of rotatable bonds is 7. The van der Waals surface area contributed by atoms with Gasteiger partial charge >= 0.3 is 0 Å². The van der Waals surface area contributed by atoms with Crippen LogP contribution in [0.3, 0.4) is 0 Å². The minimum atomic E-state index is -1.44. The number of aliphatic hydroxyl groups is 2. The second-order valence-corrected chi connectivity index (χ2v) is 8.47. The molecule has 12 heteroatoms. The average Bonchev–Trinajstić information content (AvgIpc) is 3.32. The van der Waals surface area contributed by atoms with Crippen LogP contribution < -0.4 is 10.6 Å². The molecule has 3 rings (SSSR count). The standard InChI is InChI=1S/C17H25ClN6O4S/c1-4-9-12(18)20-14(13(19)26)24(9)10-5-6-23(7-11(10)28-3)16-22-21-15(29-16)17(2,27)8-25/h10-11,25,27H,4-8H2,1-3H3,(H2,19,26)/t10-,11+,17+/m1/s1. The van der Waals surface area contributed by atoms with E-state index in [4.69, 9.17) is 22.1 Å². The minimum absolute atomic E-state index is 0.129. The molecular weight excluding hydrogens is 420 g/mol. The van der Waals surface area contributed by atoms with Crippen LogP contribution in [0.4, 0.5) is 5.13 Å². The molecule has 0 spiro atoms. The lowest BCUT2D eigenvalue weighted by molar-refractivity contribution is -0.00294. The molecule has 10 nitrogen and oxygen atoms in total. The molecule has 29 heavy (non-hydrogen) atoms. The van der Waals surface area contributed by atoms with Crippen molar-refractivity contribution in [2.24, 2.45) is 5.73 Å². The maximum absolute atomic E-state index is 11.9. The molecule has 0 aromatic carbocycles. The Morgan fingerprint density at radius 3 is 2.79 bits per heavy atom. The van der Waals surface area contributed by atoms with Crippen LogP contribution in [-0.4, -0.2) is 68.8 Å². The summed E-state index contributed by atoms with van der Waals surface area (Å²) >= 11 is 7.46. The van der Waals surface area contributed by atoms with E-state index in [0.29, 0.717) is 36.1 Å². The number of amides is 1. The van der Waals surface area contributed by atoms with E-state index in [1.165, 1.54) is 18.3 Å². The normalized spacial score (nSPS) is 21.9. The minimum Gasteiger partial charge on any atom is -0.393 e. The molecular formula is C17H25ClN6O4S. The Morgan fingerprint density at radius 1 is 1.48 bits per heavy atom. The first-order valence-electron chi connectivity index (χ1n) is 9.24. The number of carbonyl (C=O) groups excluding carboxylic acids is 1. The first-order chi connectivity index (χ1) is 13.7. The van der Waals surface area contributed by atoms with E-state index in [2.05, 4.69) is 15.2 Å². The van der Waals surface area contributed by atoms with Gasteiger partial charge in [0, 0.05) is 20.2 Å². The zero-order valence-electron chi connectivity index (χ0n) is 16.5. The molecule has 1 aliphatic rings. The monoisotopic (exact) mass is 444 g/mol. The van der Waals surface area contributed by atoms with E-state index < -0.39 is 18.1 Å². The molecule has 0 aliphatic carbocycles. The maximum Gasteiger partial charge on any atom is 0.284 e. The molecule has 1 saturated heterocycles. The van der Waals surface area contributed by atoms with Gasteiger partial charge in [-0.3, -0.25) is 4.79 Å². The summed E-state index contributed by atoms with van der Waals surface area (Å²) in [5.41, 5.74) is 4.84. The lowest BCUT2D eigenvalue weighted by Gasteiger charge is -2.39. The van der Waals surface area contributed by atoms with E-state index in [1.54, 1.807) is 11.7 Å². The number of halogens is 1. The van der Waals surface area contributed by atoms with Gasteiger partial charge < -0.3 is 30.2 Å². The number of imidazole rings is 1. The molecule has 1 fully saturated rings. The molecule has 2 aromatic rings. The quantitative estimate of drug-likeness (QED) is 0.567. The predicted octanol–water partition coefficient (Wildman–Crippen LogP) is 0.715. The molecule has 3 atom stereocenters. The van der Waals surface area contributed by atoms with Gasteiger partial charge in [-0.25, -0.2) is 4.98 Å². The van der Waals surface area contributed by atoms with Crippen molar-refractivity contribution in [3.63, 3.8) is 0 Å². The fourth-order valence-corrected chi connectivity index (χ4v) is 4.74. The number of ether oxygens (including phenoxy) is 1. The lowest BCUT2D eigenvalue weighted by atomic mass is 10.0. The summed E-state index contributed by atoms with van der Waals surface area (Å²) in [5, 5.41) is 28.9. The zero-order chi connectivity index (χ0) is 21.3. The van der Waals surface area contributed by atoms with Crippen LogP contribution in [0.15, 0.2) is 0 Å². The Kier molecular flexibility index (Phi) is 6.44. The van der Waals surface area contributed by atoms with E-state index in [-0.39, 0.29) is 23.1 Å². The summed E-state index contributed by atoms with van der Waals surface area (Å²) in [6, 6.07) is -0.165. The molecule has 0 radical (unpaired) electrons. The third-order valence-corrected chi connectivity index (χ3v) is 6.67. The highest BCUT2D eigenvalue weighted by molar-refractivity contribution is 7.15. The first kappa shape index (κ1) is 21.9. The third-order valence-electron chi connectivity index (χ3n) is 5.13. The van der Waals surface area contributed by atoms with Crippen molar-refractivity contribution in [1.82, 2.24) is 19.7 Å². The predicted molar refractivity (Wildman–Crippen MR) is 108 cm³/mol. The molecule has 0 saturated carbocycles. The molecule has 0 bridgehead atoms. The van der Waals surface area contributed by atoms with E-state index in [1.807, 2.05) is 11.8 Å². The number of hydrogen-bond donors (Lipinski definition) is 3. The van der Waals surface area contributed by atoms with Gasteiger partial charge in [-0.1, -0.05) is 29.9 Å². The maximum atomic E-state index is 11.9. The Morgan fingerprint density at radius 2 is 2.21 bits per heavy atom. The van der Waals surface area contributed by atoms with Crippen molar-refractivity contribution in [1.29, 1.82) is 0 Å². The third kappa shape index (κ3) is 4.10. The van der Waals surface area contributed by atoms with Gasteiger partial charge in [-0.2, -0.15) is 0 Å². The van der Waals surface area contributed by atoms with E-state index in [9.17, 15) is 15.0 Å². The van der Waals surface area contributed by atoms with Crippen molar-refractivity contribution < 1.29 is 19.7 Å². The SMILES string of the molecule is CCc1c(Cl)nc(C(N)=O)n1[C@@H]1CCN(c2nnc([C@@](C)(O)CO)s2)C[C@@H]1OC. The smallest absolute Gasteiger partial charge is 0.284 e. The molecule has 160 valence electrons. The van der Waals surface area contributed by atoms with Crippen LogP contribution in [0.1, 0.15) is 47.6 Å². The second-order valence-electron chi connectivity index (χ2n) is 7.16. The number of carbonyl (C=O) groups is 1. The number of nitrogens with two attached hydrogens (primary N) is 1. The summed E-state index contributed by atoms with van der Waals surface area (Å²) in [4.78, 5) is 18.1. The Labute approximate surface area is 177 Å². The average molecular weight is 445 g/mol. The fourth-order valence-electron chi connectivity index (χ4n) is 3.52. The van der Waals surface area contributed by atoms with Crippen LogP contribution >= 0.6 is 22.9 Å². The van der Waals surface area contributed by atoms with Crippen molar-refractivity contribution in [3.8, 4) is 0 Å². The summed E-state index contributed by atoms with van der Waals surface area (Å²) < 4.78 is 7.53. The fraction of sp³-hybridized carbons (Fsp3) is 0.647. The van der Waals surface area contributed by atoms with Crippen molar-refractivity contribution >= 4 is 34.0 Å². The molecule has 2 aromatic heterocycles. The Balaban J connectivity index is 1.87. The number of hydrogen-bond acceptors (Lipinski definition) is 9. The number of aromatic nitrogens is 4. The van der Waals surface area contributed by atoms with Gasteiger partial charge in [0.1, 0.15) is 5.60 Å². The van der Waals surface area contributed by atoms with Crippen LogP contribution in [-0.2, 0) is 16.8 Å². The zero-order valence-corrected chi connectivity index (χ0v) is 18.1. The van der Waals surface area contributed by atoms with Crippen LogP contribution in [0.5, 0.6) is 0 Å². The second kappa shape index (κ2) is 8.52. The summed E-state index contributed by atoms with van der Waals surface area (Å²) in [7, 11) is 1.61. The molecule has 0 unspecified atom stereocenters. The molecule has 3 heterocycles. The van der Waals surface area contributed by atoms with Crippen molar-refractivity contribution in [2.45, 2.75) is 44.4 Å². The number of primary amides is 1. The molecule has 4 N–H and O–H groups in total. The summed E-state index contributed by atoms with van der Waals surface area (Å²) in [6.45, 7) is 4.10. The summed E-state index contributed by atoms with van der Waals surface area (Å²) in [6.07, 6.45) is 0.971. The highest BCUT2D eigenvalue weighted by Gasteiger charge is 2.36. The van der Waals surface area contributed by atoms with Gasteiger partial charge in [0.15, 0.2) is 10.2 Å². The van der Waals surface area contributed by atoms with Gasteiger partial charge in [0.25, 0.3) is 5.91 Å². The lowest BCUT2D eigenvalue weighted by Crippen LogP contribution is -2.46. The van der Waals surface area contributed by atoms with E-state index in [0.717, 1.165) is 5.69 Å². The van der Waals surface area contributed by atoms with Crippen molar-refractivity contribution in [3.05, 3.63) is 21.7 Å². The van der Waals surface area contributed by atoms with Gasteiger partial charge in [-0.05, 0) is 19.8 Å². The molecule has 1 amide bonds. The van der Waals surface area contributed by atoms with Crippen molar-refractivity contribution in [2.75, 3.05) is 31.7 Å². The van der Waals surface area contributed by atoms with Crippen LogP contribution in [0.25, 0.3) is 0 Å². The van der Waals surface area contributed by atoms with E-state index >= 15 is 0 Å². The number of aliphatic hydroxyl groups excluding tert-OH is 1. The van der Waals surface area contributed by atoms with Crippen LogP contribution in [0.2, 0.25) is 5.15 Å². The molecule has 1 aliphatic heterocycles.